The van der Waals surface area contributed by atoms with Gasteiger partial charge in [-0.3, -0.25) is 4.79 Å². The summed E-state index contributed by atoms with van der Waals surface area (Å²) >= 11 is 0. The second-order valence-corrected chi connectivity index (χ2v) is 3.06. The fraction of sp³-hybridized carbons (Fsp3) is 0.444. The molecule has 2 aliphatic rings. The first-order chi connectivity index (χ1) is 5.29. The summed E-state index contributed by atoms with van der Waals surface area (Å²) in [6, 6.07) is 0. The smallest absolute Gasteiger partial charge is 0.253 e. The lowest BCUT2D eigenvalue weighted by atomic mass is 10.2. The predicted molar refractivity (Wildman–Crippen MR) is 42.8 cm³/mol. The van der Waals surface area contributed by atoms with Crippen molar-refractivity contribution in [3.63, 3.8) is 0 Å². The van der Waals surface area contributed by atoms with E-state index in [1.54, 1.807) is 0 Å². The van der Waals surface area contributed by atoms with Gasteiger partial charge < -0.3 is 4.90 Å². The zero-order valence-corrected chi connectivity index (χ0v) is 6.63. The van der Waals surface area contributed by atoms with Gasteiger partial charge in [0, 0.05) is 17.8 Å². The molecule has 58 valence electrons. The molecule has 2 heteroatoms. The van der Waals surface area contributed by atoms with Gasteiger partial charge in [0.25, 0.3) is 5.91 Å². The number of rotatable bonds is 0. The molecule has 0 aromatic rings. The Morgan fingerprint density at radius 2 is 2.36 bits per heavy atom. The minimum absolute atomic E-state index is 0.191. The lowest BCUT2D eigenvalue weighted by Gasteiger charge is -2.21. The van der Waals surface area contributed by atoms with Crippen molar-refractivity contribution in [1.82, 2.24) is 4.90 Å². The van der Waals surface area contributed by atoms with E-state index < -0.39 is 0 Å². The van der Waals surface area contributed by atoms with Crippen LogP contribution < -0.4 is 0 Å². The molecule has 2 aliphatic heterocycles. The Kier molecular flexibility index (Phi) is 1.34. The third-order valence-electron chi connectivity index (χ3n) is 2.20. The standard InChI is InChI=1S/C9H11NO/c1-7-6-8-4-2-3-5-10(8)9(7)11/h4,6H,2-3,5H2,1H3. The third kappa shape index (κ3) is 0.897. The molecule has 0 spiro atoms. The van der Waals surface area contributed by atoms with E-state index in [1.165, 1.54) is 0 Å². The number of allylic oxidation sites excluding steroid dienone is 2. The molecule has 0 N–H and O–H groups in total. The number of amides is 1. The largest absolute Gasteiger partial charge is 0.309 e. The van der Waals surface area contributed by atoms with Gasteiger partial charge in [-0.15, -0.1) is 0 Å². The lowest BCUT2D eigenvalue weighted by Crippen LogP contribution is -2.28. The van der Waals surface area contributed by atoms with Crippen LogP contribution in [0.3, 0.4) is 0 Å². The molecule has 2 rings (SSSR count). The molecule has 0 radical (unpaired) electrons. The van der Waals surface area contributed by atoms with Gasteiger partial charge in [0.15, 0.2) is 0 Å². The monoisotopic (exact) mass is 149 g/mol. The van der Waals surface area contributed by atoms with E-state index in [0.717, 1.165) is 30.7 Å². The molecule has 0 atom stereocenters. The summed E-state index contributed by atoms with van der Waals surface area (Å²) < 4.78 is 0. The van der Waals surface area contributed by atoms with E-state index in [1.807, 2.05) is 17.9 Å². The van der Waals surface area contributed by atoms with E-state index in [2.05, 4.69) is 6.08 Å². The van der Waals surface area contributed by atoms with Crippen molar-refractivity contribution in [2.75, 3.05) is 6.54 Å². The third-order valence-corrected chi connectivity index (χ3v) is 2.20. The molecule has 0 unspecified atom stereocenters. The number of carbonyl (C=O) groups excluding carboxylic acids is 1. The summed E-state index contributed by atoms with van der Waals surface area (Å²) in [6.07, 6.45) is 6.33. The Morgan fingerprint density at radius 3 is 3.09 bits per heavy atom. The normalized spacial score (nSPS) is 23.0. The molecule has 2 nitrogen and oxygen atoms in total. The summed E-state index contributed by atoms with van der Waals surface area (Å²) in [5.74, 6) is 0.191. The Hall–Kier alpha value is -1.05. The van der Waals surface area contributed by atoms with Crippen molar-refractivity contribution < 1.29 is 4.79 Å². The van der Waals surface area contributed by atoms with Crippen LogP contribution in [0.5, 0.6) is 0 Å². The summed E-state index contributed by atoms with van der Waals surface area (Å²) in [5, 5.41) is 0. The fourth-order valence-electron chi connectivity index (χ4n) is 1.59. The highest BCUT2D eigenvalue weighted by molar-refractivity contribution is 5.98. The number of hydrogen-bond donors (Lipinski definition) is 0. The first-order valence-electron chi connectivity index (χ1n) is 3.99. The first kappa shape index (κ1) is 6.65. The highest BCUT2D eigenvalue weighted by Crippen LogP contribution is 2.25. The van der Waals surface area contributed by atoms with E-state index >= 15 is 0 Å². The molecule has 0 saturated heterocycles. The number of carbonyl (C=O) groups is 1. The molecule has 0 fully saturated rings. The number of nitrogens with zero attached hydrogens (tertiary/aromatic N) is 1. The van der Waals surface area contributed by atoms with Crippen LogP contribution in [0.15, 0.2) is 23.4 Å². The minimum Gasteiger partial charge on any atom is -0.309 e. The number of fused-ring (bicyclic) bond motifs is 1. The summed E-state index contributed by atoms with van der Waals surface area (Å²) in [4.78, 5) is 13.2. The molecule has 0 bridgehead atoms. The molecular weight excluding hydrogens is 138 g/mol. The van der Waals surface area contributed by atoms with Gasteiger partial charge in [-0.25, -0.2) is 0 Å². The molecule has 0 saturated carbocycles. The SMILES string of the molecule is CC1=CC2=CCCCN2C1=O. The average Bonchev–Trinajstić information content (AvgIpc) is 2.30. The highest BCUT2D eigenvalue weighted by Gasteiger charge is 2.25. The van der Waals surface area contributed by atoms with Crippen molar-refractivity contribution in [2.45, 2.75) is 19.8 Å². The lowest BCUT2D eigenvalue weighted by molar-refractivity contribution is -0.124. The maximum absolute atomic E-state index is 11.4. The van der Waals surface area contributed by atoms with Gasteiger partial charge >= 0.3 is 0 Å². The van der Waals surface area contributed by atoms with Gasteiger partial charge in [0.2, 0.25) is 0 Å². The van der Waals surface area contributed by atoms with E-state index in [9.17, 15) is 4.79 Å². The van der Waals surface area contributed by atoms with Crippen LogP contribution in [0.1, 0.15) is 19.8 Å². The quantitative estimate of drug-likeness (QED) is 0.510. The second kappa shape index (κ2) is 2.22. The maximum atomic E-state index is 11.4. The van der Waals surface area contributed by atoms with Crippen LogP contribution in [-0.4, -0.2) is 17.4 Å². The zero-order valence-electron chi connectivity index (χ0n) is 6.63. The van der Waals surface area contributed by atoms with Crippen LogP contribution in [0.4, 0.5) is 0 Å². The number of hydrogen-bond acceptors (Lipinski definition) is 1. The van der Waals surface area contributed by atoms with Gasteiger partial charge in [-0.1, -0.05) is 6.08 Å². The van der Waals surface area contributed by atoms with Crippen LogP contribution in [0.2, 0.25) is 0 Å². The van der Waals surface area contributed by atoms with E-state index in [-0.39, 0.29) is 5.91 Å². The van der Waals surface area contributed by atoms with Crippen LogP contribution >= 0.6 is 0 Å². The minimum atomic E-state index is 0.191. The Morgan fingerprint density at radius 1 is 1.55 bits per heavy atom. The molecule has 0 aromatic heterocycles. The molecule has 0 aliphatic carbocycles. The molecular formula is C9H11NO. The average molecular weight is 149 g/mol. The molecule has 2 heterocycles. The van der Waals surface area contributed by atoms with E-state index in [0.29, 0.717) is 0 Å². The Bertz CT molecular complexity index is 263. The van der Waals surface area contributed by atoms with Crippen LogP contribution in [0, 0.1) is 0 Å². The van der Waals surface area contributed by atoms with Crippen molar-refractivity contribution >= 4 is 5.91 Å². The van der Waals surface area contributed by atoms with Crippen molar-refractivity contribution in [3.8, 4) is 0 Å². The molecule has 0 aromatic carbocycles. The summed E-state index contributed by atoms with van der Waals surface area (Å²) in [5.41, 5.74) is 1.98. The zero-order chi connectivity index (χ0) is 7.84. The Labute approximate surface area is 66.2 Å². The van der Waals surface area contributed by atoms with Crippen molar-refractivity contribution in [1.29, 1.82) is 0 Å². The van der Waals surface area contributed by atoms with Gasteiger partial charge in [-0.05, 0) is 25.8 Å². The second-order valence-electron chi connectivity index (χ2n) is 3.06. The van der Waals surface area contributed by atoms with Crippen molar-refractivity contribution in [2.24, 2.45) is 0 Å². The topological polar surface area (TPSA) is 20.3 Å². The predicted octanol–water partition coefficient (Wildman–Crippen LogP) is 1.45. The van der Waals surface area contributed by atoms with Gasteiger partial charge in [-0.2, -0.15) is 0 Å². The first-order valence-corrected chi connectivity index (χ1v) is 3.99. The van der Waals surface area contributed by atoms with Gasteiger partial charge in [0.05, 0.1) is 0 Å². The van der Waals surface area contributed by atoms with Crippen LogP contribution in [-0.2, 0) is 4.79 Å². The van der Waals surface area contributed by atoms with Crippen molar-refractivity contribution in [3.05, 3.63) is 23.4 Å². The summed E-state index contributed by atoms with van der Waals surface area (Å²) in [6.45, 7) is 2.78. The van der Waals surface area contributed by atoms with Crippen LogP contribution in [0.25, 0.3) is 0 Å². The molecule has 11 heavy (non-hydrogen) atoms. The maximum Gasteiger partial charge on any atom is 0.253 e. The fourth-order valence-corrected chi connectivity index (χ4v) is 1.59. The van der Waals surface area contributed by atoms with Gasteiger partial charge in [0.1, 0.15) is 0 Å². The summed E-state index contributed by atoms with van der Waals surface area (Å²) in [7, 11) is 0. The Balaban J connectivity index is 2.36. The highest BCUT2D eigenvalue weighted by atomic mass is 16.2. The van der Waals surface area contributed by atoms with E-state index in [4.69, 9.17) is 0 Å². The molecule has 1 amide bonds.